The van der Waals surface area contributed by atoms with E-state index in [-0.39, 0.29) is 24.0 Å². The van der Waals surface area contributed by atoms with E-state index in [2.05, 4.69) is 32.5 Å². The van der Waals surface area contributed by atoms with E-state index in [1.54, 1.807) is 17.8 Å². The minimum Gasteiger partial charge on any atom is -0.354 e. The van der Waals surface area contributed by atoms with Gasteiger partial charge in [-0.15, -0.1) is 35.7 Å². The van der Waals surface area contributed by atoms with Gasteiger partial charge in [0.15, 0.2) is 5.96 Å². The molecule has 0 aromatic carbocycles. The molecule has 100 valence electrons. The van der Waals surface area contributed by atoms with Crippen molar-refractivity contribution >= 4 is 29.9 Å². The van der Waals surface area contributed by atoms with Gasteiger partial charge >= 0.3 is 0 Å². The number of nitrogens with one attached hydrogen (secondary N) is 2. The second-order valence-corrected chi connectivity index (χ2v) is 4.06. The molecule has 1 fully saturated rings. The Morgan fingerprint density at radius 2 is 2.44 bits per heavy atom. The van der Waals surface area contributed by atoms with Crippen molar-refractivity contribution in [2.45, 2.75) is 32.0 Å². The molecule has 1 aromatic rings. The van der Waals surface area contributed by atoms with Gasteiger partial charge < -0.3 is 10.6 Å². The average molecular weight is 362 g/mol. The Hall–Kier alpha value is -1.12. The molecule has 18 heavy (non-hydrogen) atoms. The molecule has 1 heterocycles. The van der Waals surface area contributed by atoms with Crippen molar-refractivity contribution in [3.05, 3.63) is 24.5 Å². The Kier molecular flexibility index (Phi) is 6.10. The van der Waals surface area contributed by atoms with E-state index in [4.69, 9.17) is 0 Å². The van der Waals surface area contributed by atoms with E-state index in [0.29, 0.717) is 19.1 Å². The number of guanidine groups is 1. The Bertz CT molecular complexity index is 409. The molecule has 1 aliphatic rings. The van der Waals surface area contributed by atoms with Crippen LogP contribution in [0.3, 0.4) is 0 Å². The Labute approximate surface area is 124 Å². The standard InChI is InChI=1S/C11H18N6.HI/c1-3-6-17-8-10(15-16-17)7-13-11(12-2)14-9-4-5-9;/h3,8-9H,1,4-7H2,2H3,(H2,12,13,14);1H. The van der Waals surface area contributed by atoms with Crippen molar-refractivity contribution in [2.75, 3.05) is 7.05 Å². The molecule has 0 radical (unpaired) electrons. The van der Waals surface area contributed by atoms with Crippen molar-refractivity contribution in [2.24, 2.45) is 4.99 Å². The molecule has 6 nitrogen and oxygen atoms in total. The van der Waals surface area contributed by atoms with E-state index >= 15 is 0 Å². The zero-order valence-electron chi connectivity index (χ0n) is 10.5. The summed E-state index contributed by atoms with van der Waals surface area (Å²) in [6.07, 6.45) is 6.16. The first-order valence-electron chi connectivity index (χ1n) is 5.79. The van der Waals surface area contributed by atoms with Crippen LogP contribution in [0.2, 0.25) is 0 Å². The fraction of sp³-hybridized carbons (Fsp3) is 0.545. The Morgan fingerprint density at radius 3 is 3.06 bits per heavy atom. The van der Waals surface area contributed by atoms with Gasteiger partial charge in [-0.25, -0.2) is 4.68 Å². The first-order valence-corrected chi connectivity index (χ1v) is 5.79. The molecule has 0 atom stereocenters. The second kappa shape index (κ2) is 7.34. The van der Waals surface area contributed by atoms with Crippen molar-refractivity contribution in [1.82, 2.24) is 25.6 Å². The van der Waals surface area contributed by atoms with Crippen LogP contribution in [0.1, 0.15) is 18.5 Å². The lowest BCUT2D eigenvalue weighted by Gasteiger charge is -2.09. The normalized spacial score (nSPS) is 14.8. The smallest absolute Gasteiger partial charge is 0.191 e. The fourth-order valence-electron chi connectivity index (χ4n) is 1.43. The second-order valence-electron chi connectivity index (χ2n) is 4.06. The predicted octanol–water partition coefficient (Wildman–Crippen LogP) is 0.909. The lowest BCUT2D eigenvalue weighted by molar-refractivity contribution is 0.661. The summed E-state index contributed by atoms with van der Waals surface area (Å²) in [7, 11) is 1.77. The van der Waals surface area contributed by atoms with Crippen LogP contribution in [-0.2, 0) is 13.1 Å². The monoisotopic (exact) mass is 362 g/mol. The molecule has 1 aliphatic carbocycles. The van der Waals surface area contributed by atoms with Crippen LogP contribution >= 0.6 is 24.0 Å². The number of nitrogens with zero attached hydrogens (tertiary/aromatic N) is 4. The summed E-state index contributed by atoms with van der Waals surface area (Å²) in [5.41, 5.74) is 0.894. The third kappa shape index (κ3) is 4.63. The molecule has 0 unspecified atom stereocenters. The van der Waals surface area contributed by atoms with Crippen LogP contribution in [0, 0.1) is 0 Å². The van der Waals surface area contributed by atoms with Gasteiger partial charge in [-0.2, -0.15) is 0 Å². The highest BCUT2D eigenvalue weighted by molar-refractivity contribution is 14.0. The average Bonchev–Trinajstić information content (AvgIpc) is 3.04. The number of halogens is 1. The van der Waals surface area contributed by atoms with Crippen LogP contribution in [0.5, 0.6) is 0 Å². The van der Waals surface area contributed by atoms with Crippen molar-refractivity contribution < 1.29 is 0 Å². The Balaban J connectivity index is 0.00000162. The van der Waals surface area contributed by atoms with E-state index < -0.39 is 0 Å². The van der Waals surface area contributed by atoms with Gasteiger partial charge in [-0.05, 0) is 12.8 Å². The van der Waals surface area contributed by atoms with Crippen molar-refractivity contribution in [3.63, 3.8) is 0 Å². The van der Waals surface area contributed by atoms with Gasteiger partial charge in [0, 0.05) is 13.1 Å². The third-order valence-corrected chi connectivity index (χ3v) is 2.48. The van der Waals surface area contributed by atoms with E-state index in [0.717, 1.165) is 11.7 Å². The zero-order valence-corrected chi connectivity index (χ0v) is 12.8. The molecule has 1 saturated carbocycles. The number of rotatable bonds is 5. The molecule has 0 bridgehead atoms. The highest BCUT2D eigenvalue weighted by Gasteiger charge is 2.22. The minimum atomic E-state index is 0. The van der Waals surface area contributed by atoms with Crippen LogP contribution in [0.15, 0.2) is 23.8 Å². The largest absolute Gasteiger partial charge is 0.354 e. The summed E-state index contributed by atoms with van der Waals surface area (Å²) in [5.74, 6) is 0.825. The Morgan fingerprint density at radius 1 is 1.67 bits per heavy atom. The summed E-state index contributed by atoms with van der Waals surface area (Å²) < 4.78 is 1.75. The summed E-state index contributed by atoms with van der Waals surface area (Å²) in [5, 5.41) is 14.6. The number of hydrogen-bond acceptors (Lipinski definition) is 3. The predicted molar refractivity (Wildman–Crippen MR) is 82.0 cm³/mol. The number of hydrogen-bond donors (Lipinski definition) is 2. The molecule has 7 heteroatoms. The van der Waals surface area contributed by atoms with E-state index in [1.165, 1.54) is 12.8 Å². The van der Waals surface area contributed by atoms with Gasteiger partial charge in [-0.3, -0.25) is 4.99 Å². The highest BCUT2D eigenvalue weighted by Crippen LogP contribution is 2.18. The van der Waals surface area contributed by atoms with Gasteiger partial charge in [-0.1, -0.05) is 11.3 Å². The lowest BCUT2D eigenvalue weighted by atomic mass is 10.4. The highest BCUT2D eigenvalue weighted by atomic mass is 127. The minimum absolute atomic E-state index is 0. The summed E-state index contributed by atoms with van der Waals surface area (Å²) in [6.45, 7) is 4.97. The maximum Gasteiger partial charge on any atom is 0.191 e. The summed E-state index contributed by atoms with van der Waals surface area (Å²) >= 11 is 0. The van der Waals surface area contributed by atoms with E-state index in [1.807, 2.05) is 6.20 Å². The molecule has 0 saturated heterocycles. The van der Waals surface area contributed by atoms with Crippen LogP contribution < -0.4 is 10.6 Å². The quantitative estimate of drug-likeness (QED) is 0.354. The van der Waals surface area contributed by atoms with Crippen LogP contribution in [0.4, 0.5) is 0 Å². The summed E-state index contributed by atoms with van der Waals surface area (Å²) in [4.78, 5) is 4.15. The molecular weight excluding hydrogens is 343 g/mol. The van der Waals surface area contributed by atoms with Gasteiger partial charge in [0.1, 0.15) is 5.69 Å². The number of allylic oxidation sites excluding steroid dienone is 1. The first-order chi connectivity index (χ1) is 8.31. The first kappa shape index (κ1) is 14.9. The molecule has 0 aliphatic heterocycles. The van der Waals surface area contributed by atoms with Gasteiger partial charge in [0.05, 0.1) is 19.3 Å². The lowest BCUT2D eigenvalue weighted by Crippen LogP contribution is -2.38. The topological polar surface area (TPSA) is 67.1 Å². The van der Waals surface area contributed by atoms with Gasteiger partial charge in [0.25, 0.3) is 0 Å². The maximum atomic E-state index is 4.15. The summed E-state index contributed by atoms with van der Waals surface area (Å²) in [6, 6.07) is 0.595. The molecule has 2 N–H and O–H groups in total. The molecule has 2 rings (SSSR count). The fourth-order valence-corrected chi connectivity index (χ4v) is 1.43. The van der Waals surface area contributed by atoms with Crippen LogP contribution in [-0.4, -0.2) is 34.0 Å². The van der Waals surface area contributed by atoms with Crippen molar-refractivity contribution in [3.8, 4) is 0 Å². The van der Waals surface area contributed by atoms with Gasteiger partial charge in [0.2, 0.25) is 0 Å². The third-order valence-electron chi connectivity index (χ3n) is 2.48. The van der Waals surface area contributed by atoms with E-state index in [9.17, 15) is 0 Å². The molecule has 0 spiro atoms. The van der Waals surface area contributed by atoms with Crippen molar-refractivity contribution in [1.29, 1.82) is 0 Å². The van der Waals surface area contributed by atoms with Crippen LogP contribution in [0.25, 0.3) is 0 Å². The molecule has 1 aromatic heterocycles. The maximum absolute atomic E-state index is 4.15. The molecular formula is C11H19IN6. The number of aliphatic imine (C=N–C) groups is 1. The SMILES string of the molecule is C=CCn1cc(CNC(=NC)NC2CC2)nn1.I. The zero-order chi connectivity index (χ0) is 12.1. The molecule has 0 amide bonds. The number of aromatic nitrogens is 3.